The Balaban J connectivity index is 1.49. The number of aromatic nitrogens is 4. The Hall–Kier alpha value is -2.14. The van der Waals surface area contributed by atoms with Crippen molar-refractivity contribution < 1.29 is 4.52 Å². The van der Waals surface area contributed by atoms with Crippen LogP contribution in [0.15, 0.2) is 41.3 Å². The van der Waals surface area contributed by atoms with Gasteiger partial charge in [-0.2, -0.15) is 4.98 Å². The van der Waals surface area contributed by atoms with E-state index in [0.717, 1.165) is 41.7 Å². The van der Waals surface area contributed by atoms with Gasteiger partial charge in [0.15, 0.2) is 5.82 Å². The molecule has 112 valence electrons. The first-order valence-electron chi connectivity index (χ1n) is 7.34. The number of nitrogens with zero attached hydrogens (tertiary/aromatic N) is 4. The van der Waals surface area contributed by atoms with Crippen molar-refractivity contribution in [2.24, 2.45) is 0 Å². The van der Waals surface area contributed by atoms with Gasteiger partial charge in [0, 0.05) is 42.2 Å². The number of rotatable bonds is 3. The lowest BCUT2D eigenvalue weighted by molar-refractivity contribution is 0.323. The number of hydrogen-bond acceptors (Lipinski definition) is 4. The molecule has 3 aromatic rings. The molecule has 0 saturated carbocycles. The summed E-state index contributed by atoms with van der Waals surface area (Å²) >= 11 is 5.90. The van der Waals surface area contributed by atoms with Crippen molar-refractivity contribution in [1.29, 1.82) is 0 Å². The zero-order chi connectivity index (χ0) is 14.9. The van der Waals surface area contributed by atoms with Crippen LogP contribution in [0.25, 0.3) is 0 Å². The Labute approximate surface area is 132 Å². The quantitative estimate of drug-likeness (QED) is 0.744. The van der Waals surface area contributed by atoms with Crippen LogP contribution < -0.4 is 0 Å². The van der Waals surface area contributed by atoms with Gasteiger partial charge in [-0.05, 0) is 24.1 Å². The second-order valence-corrected chi connectivity index (χ2v) is 6.06. The minimum absolute atomic E-state index is 0.288. The van der Waals surface area contributed by atoms with E-state index < -0.39 is 0 Å². The molecule has 6 heteroatoms. The first kappa shape index (κ1) is 13.5. The molecule has 1 aliphatic heterocycles. The Morgan fingerprint density at radius 3 is 3.00 bits per heavy atom. The van der Waals surface area contributed by atoms with Gasteiger partial charge in [0.2, 0.25) is 5.89 Å². The molecule has 0 bridgehead atoms. The third-order valence-corrected chi connectivity index (χ3v) is 4.33. The molecule has 0 fully saturated rings. The van der Waals surface area contributed by atoms with Crippen molar-refractivity contribution in [1.82, 2.24) is 19.7 Å². The van der Waals surface area contributed by atoms with E-state index in [4.69, 9.17) is 16.1 Å². The van der Waals surface area contributed by atoms with E-state index in [1.54, 1.807) is 0 Å². The van der Waals surface area contributed by atoms with E-state index in [-0.39, 0.29) is 5.92 Å². The number of benzene rings is 1. The topological polar surface area (TPSA) is 56.7 Å². The van der Waals surface area contributed by atoms with Crippen LogP contribution in [0.4, 0.5) is 0 Å². The van der Waals surface area contributed by atoms with Crippen molar-refractivity contribution in [2.75, 3.05) is 0 Å². The highest BCUT2D eigenvalue weighted by atomic mass is 35.5. The first-order chi connectivity index (χ1) is 10.8. The lowest BCUT2D eigenvalue weighted by atomic mass is 9.96. The van der Waals surface area contributed by atoms with Gasteiger partial charge in [0.05, 0.1) is 6.33 Å². The Bertz CT molecular complexity index is 778. The molecule has 2 aromatic heterocycles. The first-order valence-corrected chi connectivity index (χ1v) is 7.71. The van der Waals surface area contributed by atoms with Gasteiger partial charge in [0.25, 0.3) is 0 Å². The Morgan fingerprint density at radius 1 is 1.27 bits per heavy atom. The number of fused-ring (bicyclic) bond motifs is 1. The predicted molar refractivity (Wildman–Crippen MR) is 81.8 cm³/mol. The minimum Gasteiger partial charge on any atom is -0.339 e. The lowest BCUT2D eigenvalue weighted by Gasteiger charge is -2.20. The van der Waals surface area contributed by atoms with Gasteiger partial charge in [-0.25, -0.2) is 4.98 Å². The summed E-state index contributed by atoms with van der Waals surface area (Å²) in [6, 6.07) is 7.72. The molecule has 1 atom stereocenters. The Morgan fingerprint density at radius 2 is 2.14 bits per heavy atom. The third-order valence-electron chi connectivity index (χ3n) is 4.08. The minimum atomic E-state index is 0.288. The van der Waals surface area contributed by atoms with Crippen LogP contribution in [-0.2, 0) is 19.4 Å². The lowest BCUT2D eigenvalue weighted by Crippen LogP contribution is -2.17. The molecule has 3 heterocycles. The van der Waals surface area contributed by atoms with Crippen LogP contribution in [0, 0.1) is 0 Å². The molecule has 0 N–H and O–H groups in total. The molecular formula is C16H15ClN4O. The average Bonchev–Trinajstić information content (AvgIpc) is 3.17. The maximum atomic E-state index is 5.90. The number of hydrogen-bond donors (Lipinski definition) is 0. The SMILES string of the molecule is Clc1ccc(Cc2noc([C@H]3CCn4cncc4C3)n2)cc1. The summed E-state index contributed by atoms with van der Waals surface area (Å²) in [5.41, 5.74) is 2.35. The molecule has 0 saturated heterocycles. The average molecular weight is 315 g/mol. The van der Waals surface area contributed by atoms with Gasteiger partial charge in [0.1, 0.15) is 0 Å². The molecule has 22 heavy (non-hydrogen) atoms. The molecule has 0 unspecified atom stereocenters. The zero-order valence-corrected chi connectivity index (χ0v) is 12.7. The fourth-order valence-electron chi connectivity index (χ4n) is 2.87. The summed E-state index contributed by atoms with van der Waals surface area (Å²) in [5.74, 6) is 1.74. The molecule has 0 aliphatic carbocycles. The van der Waals surface area contributed by atoms with Crippen LogP contribution in [0.1, 0.15) is 35.3 Å². The molecular weight excluding hydrogens is 300 g/mol. The summed E-state index contributed by atoms with van der Waals surface area (Å²) in [7, 11) is 0. The predicted octanol–water partition coefficient (Wildman–Crippen LogP) is 3.24. The largest absolute Gasteiger partial charge is 0.339 e. The second-order valence-electron chi connectivity index (χ2n) is 5.62. The van der Waals surface area contributed by atoms with Crippen molar-refractivity contribution in [3.8, 4) is 0 Å². The highest BCUT2D eigenvalue weighted by Crippen LogP contribution is 2.28. The molecule has 0 spiro atoms. The van der Waals surface area contributed by atoms with Gasteiger partial charge >= 0.3 is 0 Å². The van der Waals surface area contributed by atoms with Crippen molar-refractivity contribution in [2.45, 2.75) is 31.7 Å². The van der Waals surface area contributed by atoms with E-state index in [1.165, 1.54) is 5.69 Å². The summed E-state index contributed by atoms with van der Waals surface area (Å²) < 4.78 is 7.66. The van der Waals surface area contributed by atoms with Gasteiger partial charge in [-0.1, -0.05) is 28.9 Å². The van der Waals surface area contributed by atoms with Crippen LogP contribution in [0.2, 0.25) is 5.02 Å². The maximum Gasteiger partial charge on any atom is 0.230 e. The maximum absolute atomic E-state index is 5.90. The third kappa shape index (κ3) is 2.64. The molecule has 0 radical (unpaired) electrons. The van der Waals surface area contributed by atoms with Crippen LogP contribution in [0.3, 0.4) is 0 Å². The number of aryl methyl sites for hydroxylation is 1. The number of imidazole rings is 1. The van der Waals surface area contributed by atoms with Gasteiger partial charge < -0.3 is 9.09 Å². The summed E-state index contributed by atoms with van der Waals surface area (Å²) in [6.45, 7) is 0.953. The summed E-state index contributed by atoms with van der Waals surface area (Å²) in [6.07, 6.45) is 6.36. The highest BCUT2D eigenvalue weighted by molar-refractivity contribution is 6.30. The highest BCUT2D eigenvalue weighted by Gasteiger charge is 2.25. The van der Waals surface area contributed by atoms with Crippen LogP contribution in [-0.4, -0.2) is 19.7 Å². The smallest absolute Gasteiger partial charge is 0.230 e. The van der Waals surface area contributed by atoms with E-state index in [9.17, 15) is 0 Å². The fourth-order valence-corrected chi connectivity index (χ4v) is 3.00. The molecule has 1 aromatic carbocycles. The monoisotopic (exact) mass is 314 g/mol. The molecule has 0 amide bonds. The second kappa shape index (κ2) is 5.57. The van der Waals surface area contributed by atoms with Crippen molar-refractivity contribution in [3.63, 3.8) is 0 Å². The summed E-state index contributed by atoms with van der Waals surface area (Å²) in [4.78, 5) is 8.75. The van der Waals surface area contributed by atoms with E-state index in [2.05, 4.69) is 19.7 Å². The summed E-state index contributed by atoms with van der Waals surface area (Å²) in [5, 5.41) is 4.84. The molecule has 5 nitrogen and oxygen atoms in total. The van der Waals surface area contributed by atoms with Gasteiger partial charge in [-0.3, -0.25) is 0 Å². The molecule has 1 aliphatic rings. The van der Waals surface area contributed by atoms with Crippen molar-refractivity contribution in [3.05, 3.63) is 64.8 Å². The Kier molecular flexibility index (Phi) is 3.42. The zero-order valence-electron chi connectivity index (χ0n) is 11.9. The van der Waals surface area contributed by atoms with Crippen molar-refractivity contribution >= 4 is 11.6 Å². The van der Waals surface area contributed by atoms with Crippen LogP contribution >= 0.6 is 11.6 Å². The van der Waals surface area contributed by atoms with Gasteiger partial charge in [-0.15, -0.1) is 0 Å². The normalized spacial score (nSPS) is 17.4. The van der Waals surface area contributed by atoms with E-state index >= 15 is 0 Å². The standard InChI is InChI=1S/C16H15ClN4O/c17-13-3-1-11(2-4-13)7-15-19-16(22-20-15)12-5-6-21-10-18-9-14(21)8-12/h1-4,9-10,12H,5-8H2/t12-/m0/s1. The fraction of sp³-hybridized carbons (Fsp3) is 0.312. The van der Waals surface area contributed by atoms with E-state index in [1.807, 2.05) is 36.8 Å². The molecule has 4 rings (SSSR count). The number of halogens is 1. The van der Waals surface area contributed by atoms with Crippen LogP contribution in [0.5, 0.6) is 0 Å². The van der Waals surface area contributed by atoms with E-state index in [0.29, 0.717) is 6.42 Å².